The first kappa shape index (κ1) is 58.5. The summed E-state index contributed by atoms with van der Waals surface area (Å²) in [5, 5.41) is 24.3. The molecular weight excluding hydrogens is 760 g/mol. The summed E-state index contributed by atoms with van der Waals surface area (Å²) in [5.41, 5.74) is 5.39. The van der Waals surface area contributed by atoms with Gasteiger partial charge in [0.2, 0.25) is 5.91 Å². The van der Waals surface area contributed by atoms with Gasteiger partial charge in [-0.25, -0.2) is 4.57 Å². The highest BCUT2D eigenvalue weighted by molar-refractivity contribution is 7.47. The van der Waals surface area contributed by atoms with Crippen LogP contribution in [0.4, 0.5) is 0 Å². The number of nitrogens with two attached hydrogens (primary N) is 1. The average Bonchev–Trinajstić information content (AvgIpc) is 3.21. The lowest BCUT2D eigenvalue weighted by Crippen LogP contribution is -2.47. The normalized spacial score (nSPS) is 14.3. The molecule has 0 aromatic heterocycles. The SMILES string of the molecule is CCCCCCCCCCCCCCCCCCCCCC(O)C(COP(=O)(O)OCCN)NC(=O)CC(O)CCCCCCCCCCCCCCCCCCCC. The third kappa shape index (κ3) is 43.9. The lowest BCUT2D eigenvalue weighted by atomic mass is 10.0. The highest BCUT2D eigenvalue weighted by Gasteiger charge is 2.28. The van der Waals surface area contributed by atoms with Crippen molar-refractivity contribution in [2.45, 2.75) is 289 Å². The third-order valence-electron chi connectivity index (χ3n) is 12.0. The number of phosphoric acid groups is 1. The molecule has 0 spiro atoms. The first-order valence-corrected chi connectivity index (χ1v) is 27.2. The molecule has 4 unspecified atom stereocenters. The fraction of sp³-hybridized carbons (Fsp3) is 0.980. The smallest absolute Gasteiger partial charge is 0.393 e. The molecule has 0 aliphatic rings. The molecule has 9 nitrogen and oxygen atoms in total. The van der Waals surface area contributed by atoms with Gasteiger partial charge in [-0.15, -0.1) is 0 Å². The van der Waals surface area contributed by atoms with Crippen LogP contribution in [0.5, 0.6) is 0 Å². The molecule has 0 saturated heterocycles. The Labute approximate surface area is 365 Å². The first-order valence-electron chi connectivity index (χ1n) is 25.7. The van der Waals surface area contributed by atoms with E-state index in [1.54, 1.807) is 0 Å². The summed E-state index contributed by atoms with van der Waals surface area (Å²) in [5.74, 6) is -0.406. The average molecular weight is 861 g/mol. The van der Waals surface area contributed by atoms with Gasteiger partial charge in [0.1, 0.15) is 0 Å². The Bertz CT molecular complexity index is 914. The number of hydrogen-bond acceptors (Lipinski definition) is 7. The molecule has 0 aliphatic heterocycles. The maximum Gasteiger partial charge on any atom is 0.472 e. The Kier molecular flexibility index (Phi) is 45.1. The van der Waals surface area contributed by atoms with E-state index in [1.807, 2.05) is 0 Å². The molecule has 59 heavy (non-hydrogen) atoms. The van der Waals surface area contributed by atoms with Gasteiger partial charge in [-0.05, 0) is 12.8 Å². The van der Waals surface area contributed by atoms with E-state index in [0.29, 0.717) is 12.8 Å². The molecule has 6 N–H and O–H groups in total. The molecule has 0 radical (unpaired) electrons. The van der Waals surface area contributed by atoms with E-state index >= 15 is 0 Å². The quantitative estimate of drug-likeness (QED) is 0.0300. The highest BCUT2D eigenvalue weighted by atomic mass is 31.2. The standard InChI is InChI=1S/C49H101N2O7P/c1-3-5-7-9-11-13-15-17-19-21-23-25-27-29-31-33-35-37-39-41-48(53)47(45-58-59(55,56)57-43-42-50)51-49(54)44-46(52)40-38-36-34-32-30-28-26-24-22-20-18-16-14-12-10-8-6-4-2/h46-48,52-53H,3-45,50H2,1-2H3,(H,51,54)(H,55,56). The number of aliphatic hydroxyl groups is 2. The Balaban J connectivity index is 4.12. The molecule has 10 heteroatoms. The predicted molar refractivity (Wildman–Crippen MR) is 251 cm³/mol. The number of unbranched alkanes of at least 4 members (excludes halogenated alkanes) is 35. The lowest BCUT2D eigenvalue weighted by molar-refractivity contribution is -0.125. The van der Waals surface area contributed by atoms with Crippen LogP contribution in [0.15, 0.2) is 0 Å². The lowest BCUT2D eigenvalue weighted by Gasteiger charge is -2.25. The molecule has 1 amide bonds. The van der Waals surface area contributed by atoms with Crippen LogP contribution in [-0.2, 0) is 18.4 Å². The molecule has 0 aliphatic carbocycles. The van der Waals surface area contributed by atoms with E-state index in [2.05, 4.69) is 19.2 Å². The van der Waals surface area contributed by atoms with Crippen molar-refractivity contribution in [3.63, 3.8) is 0 Å². The molecule has 0 aromatic rings. The number of carbonyl (C=O) groups is 1. The van der Waals surface area contributed by atoms with Crippen molar-refractivity contribution < 1.29 is 33.5 Å². The molecule has 0 heterocycles. The number of carbonyl (C=O) groups excluding carboxylic acids is 1. The molecule has 0 bridgehead atoms. The number of aliphatic hydroxyl groups excluding tert-OH is 2. The van der Waals surface area contributed by atoms with Crippen LogP contribution < -0.4 is 11.1 Å². The van der Waals surface area contributed by atoms with Crippen molar-refractivity contribution in [1.82, 2.24) is 5.32 Å². The topological polar surface area (TPSA) is 151 Å². The van der Waals surface area contributed by atoms with Gasteiger partial charge in [0, 0.05) is 6.54 Å². The zero-order valence-corrected chi connectivity index (χ0v) is 40.0. The van der Waals surface area contributed by atoms with Crippen molar-refractivity contribution in [3.05, 3.63) is 0 Å². The molecule has 4 atom stereocenters. The van der Waals surface area contributed by atoms with Crippen LogP contribution in [-0.4, -0.2) is 59.0 Å². The summed E-state index contributed by atoms with van der Waals surface area (Å²) in [6.07, 6.45) is 47.2. The molecule has 0 rings (SSSR count). The van der Waals surface area contributed by atoms with Crippen molar-refractivity contribution in [1.29, 1.82) is 0 Å². The number of rotatable bonds is 49. The third-order valence-corrected chi connectivity index (χ3v) is 13.0. The number of phosphoric ester groups is 1. The fourth-order valence-electron chi connectivity index (χ4n) is 8.13. The minimum absolute atomic E-state index is 0.0630. The zero-order chi connectivity index (χ0) is 43.3. The van der Waals surface area contributed by atoms with E-state index in [0.717, 1.165) is 38.5 Å². The molecule has 354 valence electrons. The summed E-state index contributed by atoms with van der Waals surface area (Å²) in [6.45, 7) is 4.10. The van der Waals surface area contributed by atoms with Crippen LogP contribution in [0.25, 0.3) is 0 Å². The predicted octanol–water partition coefficient (Wildman–Crippen LogP) is 13.9. The van der Waals surface area contributed by atoms with Gasteiger partial charge in [-0.2, -0.15) is 0 Å². The maximum atomic E-state index is 12.9. The van der Waals surface area contributed by atoms with E-state index < -0.39 is 32.0 Å². The maximum absolute atomic E-state index is 12.9. The number of amides is 1. The van der Waals surface area contributed by atoms with Crippen LogP contribution in [0.2, 0.25) is 0 Å². The summed E-state index contributed by atoms with van der Waals surface area (Å²) in [4.78, 5) is 22.9. The Hall–Kier alpha value is -0.540. The Morgan fingerprint density at radius 3 is 1.14 bits per heavy atom. The minimum atomic E-state index is -4.38. The minimum Gasteiger partial charge on any atom is -0.393 e. The van der Waals surface area contributed by atoms with Gasteiger partial charge in [-0.1, -0.05) is 251 Å². The zero-order valence-electron chi connectivity index (χ0n) is 39.1. The van der Waals surface area contributed by atoms with Gasteiger partial charge < -0.3 is 26.2 Å². The van der Waals surface area contributed by atoms with Crippen LogP contribution in [0.1, 0.15) is 271 Å². The van der Waals surface area contributed by atoms with Crippen LogP contribution in [0, 0.1) is 0 Å². The largest absolute Gasteiger partial charge is 0.472 e. The second-order valence-electron chi connectivity index (χ2n) is 17.9. The van der Waals surface area contributed by atoms with Gasteiger partial charge in [0.25, 0.3) is 0 Å². The second kappa shape index (κ2) is 45.5. The van der Waals surface area contributed by atoms with Gasteiger partial charge in [-0.3, -0.25) is 13.8 Å². The molecular formula is C49H101N2O7P. The van der Waals surface area contributed by atoms with E-state index in [-0.39, 0.29) is 26.2 Å². The first-order chi connectivity index (χ1) is 28.8. The molecule has 0 saturated carbocycles. The summed E-state index contributed by atoms with van der Waals surface area (Å²) < 4.78 is 22.2. The Morgan fingerprint density at radius 1 is 0.508 bits per heavy atom. The Morgan fingerprint density at radius 2 is 0.814 bits per heavy atom. The summed E-state index contributed by atoms with van der Waals surface area (Å²) >= 11 is 0. The van der Waals surface area contributed by atoms with Gasteiger partial charge in [0.05, 0.1) is 37.9 Å². The molecule has 0 fully saturated rings. The monoisotopic (exact) mass is 861 g/mol. The fourth-order valence-corrected chi connectivity index (χ4v) is 8.88. The van der Waals surface area contributed by atoms with Crippen LogP contribution in [0.3, 0.4) is 0 Å². The van der Waals surface area contributed by atoms with Crippen LogP contribution >= 0.6 is 7.82 Å². The van der Waals surface area contributed by atoms with Gasteiger partial charge in [0.15, 0.2) is 0 Å². The van der Waals surface area contributed by atoms with E-state index in [1.165, 1.54) is 199 Å². The van der Waals surface area contributed by atoms with Gasteiger partial charge >= 0.3 is 7.82 Å². The second-order valence-corrected chi connectivity index (χ2v) is 19.4. The highest BCUT2D eigenvalue weighted by Crippen LogP contribution is 2.43. The summed E-state index contributed by atoms with van der Waals surface area (Å²) in [6, 6.07) is -0.891. The molecule has 0 aromatic carbocycles. The van der Waals surface area contributed by atoms with Crippen molar-refractivity contribution >= 4 is 13.7 Å². The van der Waals surface area contributed by atoms with Crippen molar-refractivity contribution in [2.24, 2.45) is 5.73 Å². The van der Waals surface area contributed by atoms with Crippen molar-refractivity contribution in [2.75, 3.05) is 19.8 Å². The number of hydrogen-bond donors (Lipinski definition) is 5. The number of nitrogens with one attached hydrogen (secondary N) is 1. The van der Waals surface area contributed by atoms with E-state index in [4.69, 9.17) is 14.8 Å². The van der Waals surface area contributed by atoms with E-state index in [9.17, 15) is 24.5 Å². The van der Waals surface area contributed by atoms with Crippen molar-refractivity contribution in [3.8, 4) is 0 Å². The summed E-state index contributed by atoms with van der Waals surface area (Å²) in [7, 11) is -4.38.